The summed E-state index contributed by atoms with van der Waals surface area (Å²) in [4.78, 5) is 26.2. The van der Waals surface area contributed by atoms with Crippen molar-refractivity contribution in [2.24, 2.45) is 0 Å². The normalized spacial score (nSPS) is 17.9. The van der Waals surface area contributed by atoms with Crippen molar-refractivity contribution >= 4 is 11.7 Å². The number of Topliss-reactive ketones (excluding diaryl/α,β-unsaturated/α-hetero) is 1. The van der Waals surface area contributed by atoms with Crippen LogP contribution >= 0.6 is 0 Å². The number of nitrogens with zero attached hydrogens (tertiary/aromatic N) is 1. The second-order valence-electron chi connectivity index (χ2n) is 5.74. The summed E-state index contributed by atoms with van der Waals surface area (Å²) < 4.78 is 0. The molecule has 0 aliphatic carbocycles. The molecule has 1 amide bonds. The van der Waals surface area contributed by atoms with E-state index in [2.05, 4.69) is 6.92 Å². The molecule has 2 rings (SSSR count). The third-order valence-corrected chi connectivity index (χ3v) is 4.11. The van der Waals surface area contributed by atoms with Crippen molar-refractivity contribution in [1.82, 2.24) is 4.90 Å². The fraction of sp³-hybridized carbons (Fsp3) is 0.444. The van der Waals surface area contributed by atoms with Gasteiger partial charge in [0.15, 0.2) is 11.5 Å². The summed E-state index contributed by atoms with van der Waals surface area (Å²) in [6.45, 7) is 4.24. The highest BCUT2D eigenvalue weighted by Gasteiger charge is 2.42. The monoisotopic (exact) mass is 317 g/mol. The Bertz CT molecular complexity index is 636. The molecule has 0 bridgehead atoms. The lowest BCUT2D eigenvalue weighted by Gasteiger charge is -2.26. The van der Waals surface area contributed by atoms with E-state index in [-0.39, 0.29) is 23.5 Å². The van der Waals surface area contributed by atoms with Crippen LogP contribution in [0.1, 0.15) is 51.1 Å². The molecule has 1 aliphatic heterocycles. The van der Waals surface area contributed by atoms with E-state index in [1.54, 1.807) is 19.1 Å². The zero-order valence-corrected chi connectivity index (χ0v) is 13.6. The number of amides is 1. The van der Waals surface area contributed by atoms with Gasteiger partial charge in [-0.2, -0.15) is 0 Å². The van der Waals surface area contributed by atoms with Crippen LogP contribution in [0.25, 0.3) is 0 Å². The minimum atomic E-state index is -0.626. The molecule has 1 atom stereocenters. The molecule has 124 valence electrons. The third kappa shape index (κ3) is 3.38. The molecule has 0 radical (unpaired) electrons. The number of carbonyl (C=O) groups is 2. The lowest BCUT2D eigenvalue weighted by molar-refractivity contribution is -0.129. The van der Waals surface area contributed by atoms with E-state index in [1.807, 2.05) is 0 Å². The second-order valence-corrected chi connectivity index (χ2v) is 5.74. The maximum Gasteiger partial charge on any atom is 0.290 e. The standard InChI is InChI=1S/C18H23NO4/c1-3-5-6-10-19-16(12-8-7-9-13(20)11-12)15(14(21)4-2)17(22)18(19)23/h7-9,11,16,20,22H,3-6,10H2,1-2H3. The lowest BCUT2D eigenvalue weighted by atomic mass is 9.95. The molecule has 0 fully saturated rings. The van der Waals surface area contributed by atoms with Crippen LogP contribution in [0.4, 0.5) is 0 Å². The second kappa shape index (κ2) is 7.31. The molecule has 0 aromatic heterocycles. The highest BCUT2D eigenvalue weighted by atomic mass is 16.3. The largest absolute Gasteiger partial charge is 0.508 e. The Hall–Kier alpha value is -2.30. The highest BCUT2D eigenvalue weighted by molar-refractivity contribution is 6.08. The molecular formula is C18H23NO4. The fourth-order valence-electron chi connectivity index (χ4n) is 2.93. The zero-order chi connectivity index (χ0) is 17.0. The van der Waals surface area contributed by atoms with Gasteiger partial charge in [-0.15, -0.1) is 0 Å². The number of rotatable bonds is 7. The maximum atomic E-state index is 12.4. The number of ketones is 1. The van der Waals surface area contributed by atoms with Crippen molar-refractivity contribution in [3.05, 3.63) is 41.2 Å². The molecule has 5 nitrogen and oxygen atoms in total. The predicted octanol–water partition coefficient (Wildman–Crippen LogP) is 3.26. The van der Waals surface area contributed by atoms with E-state index in [4.69, 9.17) is 0 Å². The van der Waals surface area contributed by atoms with Crippen LogP contribution in [0.2, 0.25) is 0 Å². The SMILES string of the molecule is CCCCCN1C(=O)C(O)=C(C(=O)CC)C1c1cccc(O)c1. The van der Waals surface area contributed by atoms with Crippen LogP contribution in [0.15, 0.2) is 35.6 Å². The Balaban J connectivity index is 2.43. The molecule has 1 unspecified atom stereocenters. The number of benzene rings is 1. The van der Waals surface area contributed by atoms with Crippen molar-refractivity contribution < 1.29 is 19.8 Å². The van der Waals surface area contributed by atoms with E-state index in [0.29, 0.717) is 12.1 Å². The van der Waals surface area contributed by atoms with E-state index in [1.165, 1.54) is 17.0 Å². The molecule has 1 heterocycles. The van der Waals surface area contributed by atoms with Gasteiger partial charge < -0.3 is 15.1 Å². The summed E-state index contributed by atoms with van der Waals surface area (Å²) in [6.07, 6.45) is 3.00. The van der Waals surface area contributed by atoms with Gasteiger partial charge in [-0.05, 0) is 24.1 Å². The average Bonchev–Trinajstić information content (AvgIpc) is 2.79. The molecule has 0 saturated heterocycles. The summed E-state index contributed by atoms with van der Waals surface area (Å²) in [7, 11) is 0. The number of hydrogen-bond donors (Lipinski definition) is 2. The Morgan fingerprint density at radius 3 is 2.57 bits per heavy atom. The topological polar surface area (TPSA) is 77.8 Å². The molecule has 1 aliphatic rings. The van der Waals surface area contributed by atoms with Crippen LogP contribution in [0.5, 0.6) is 5.75 Å². The number of unbranched alkanes of at least 4 members (excludes halogenated alkanes) is 2. The number of aromatic hydroxyl groups is 1. The number of aliphatic hydroxyl groups is 1. The highest BCUT2D eigenvalue weighted by Crippen LogP contribution is 2.39. The van der Waals surface area contributed by atoms with Gasteiger partial charge in [-0.3, -0.25) is 9.59 Å². The van der Waals surface area contributed by atoms with Gasteiger partial charge in [-0.25, -0.2) is 0 Å². The number of aliphatic hydroxyl groups excluding tert-OH is 1. The van der Waals surface area contributed by atoms with E-state index in [0.717, 1.165) is 19.3 Å². The lowest BCUT2D eigenvalue weighted by Crippen LogP contribution is -2.32. The van der Waals surface area contributed by atoms with Crippen molar-refractivity contribution in [3.8, 4) is 5.75 Å². The van der Waals surface area contributed by atoms with Gasteiger partial charge in [0.1, 0.15) is 5.75 Å². The van der Waals surface area contributed by atoms with Gasteiger partial charge in [-0.1, -0.05) is 38.8 Å². The Labute approximate surface area is 136 Å². The average molecular weight is 317 g/mol. The Kier molecular flexibility index (Phi) is 5.42. The molecular weight excluding hydrogens is 294 g/mol. The first-order chi connectivity index (χ1) is 11.0. The van der Waals surface area contributed by atoms with Crippen LogP contribution in [0, 0.1) is 0 Å². The number of phenols is 1. The molecule has 1 aromatic rings. The predicted molar refractivity (Wildman–Crippen MR) is 87.0 cm³/mol. The number of hydrogen-bond acceptors (Lipinski definition) is 4. The van der Waals surface area contributed by atoms with Crippen molar-refractivity contribution in [3.63, 3.8) is 0 Å². The first-order valence-electron chi connectivity index (χ1n) is 8.07. The third-order valence-electron chi connectivity index (χ3n) is 4.11. The Morgan fingerprint density at radius 2 is 1.96 bits per heavy atom. The first kappa shape index (κ1) is 17.1. The zero-order valence-electron chi connectivity index (χ0n) is 13.6. The van der Waals surface area contributed by atoms with Gasteiger partial charge in [0.2, 0.25) is 0 Å². The smallest absolute Gasteiger partial charge is 0.290 e. The summed E-state index contributed by atoms with van der Waals surface area (Å²) in [6, 6.07) is 5.87. The minimum absolute atomic E-state index is 0.0677. The fourth-order valence-corrected chi connectivity index (χ4v) is 2.93. The van der Waals surface area contributed by atoms with Crippen molar-refractivity contribution in [2.45, 2.75) is 45.6 Å². The van der Waals surface area contributed by atoms with Crippen molar-refractivity contribution in [2.75, 3.05) is 6.54 Å². The van der Waals surface area contributed by atoms with Crippen LogP contribution < -0.4 is 0 Å². The van der Waals surface area contributed by atoms with E-state index < -0.39 is 17.7 Å². The molecule has 0 spiro atoms. The van der Waals surface area contributed by atoms with E-state index in [9.17, 15) is 19.8 Å². The van der Waals surface area contributed by atoms with E-state index >= 15 is 0 Å². The molecule has 2 N–H and O–H groups in total. The van der Waals surface area contributed by atoms with Gasteiger partial charge in [0, 0.05) is 13.0 Å². The van der Waals surface area contributed by atoms with Gasteiger partial charge in [0.05, 0.1) is 11.6 Å². The summed E-state index contributed by atoms with van der Waals surface area (Å²) >= 11 is 0. The maximum absolute atomic E-state index is 12.4. The molecule has 0 saturated carbocycles. The van der Waals surface area contributed by atoms with Crippen LogP contribution in [0.3, 0.4) is 0 Å². The van der Waals surface area contributed by atoms with Gasteiger partial charge >= 0.3 is 0 Å². The molecule has 1 aromatic carbocycles. The molecule has 23 heavy (non-hydrogen) atoms. The number of phenolic OH excluding ortho intramolecular Hbond substituents is 1. The Morgan fingerprint density at radius 1 is 1.22 bits per heavy atom. The number of carbonyl (C=O) groups excluding carboxylic acids is 2. The van der Waals surface area contributed by atoms with Crippen molar-refractivity contribution in [1.29, 1.82) is 0 Å². The summed E-state index contributed by atoms with van der Waals surface area (Å²) in [5, 5.41) is 19.9. The van der Waals surface area contributed by atoms with Crippen LogP contribution in [-0.2, 0) is 9.59 Å². The quantitative estimate of drug-likeness (QED) is 0.757. The summed E-state index contributed by atoms with van der Waals surface area (Å²) in [5.41, 5.74) is 0.773. The summed E-state index contributed by atoms with van der Waals surface area (Å²) in [5.74, 6) is -1.15. The molecule has 5 heteroatoms. The first-order valence-corrected chi connectivity index (χ1v) is 8.07. The van der Waals surface area contributed by atoms with Gasteiger partial charge in [0.25, 0.3) is 5.91 Å². The van der Waals surface area contributed by atoms with Crippen LogP contribution in [-0.4, -0.2) is 33.3 Å². The minimum Gasteiger partial charge on any atom is -0.508 e.